The molecule has 21 heavy (non-hydrogen) atoms. The van der Waals surface area contributed by atoms with Crippen LogP contribution in [0.3, 0.4) is 0 Å². The van der Waals surface area contributed by atoms with Crippen LogP contribution >= 0.6 is 0 Å². The third kappa shape index (κ3) is 4.30. The highest BCUT2D eigenvalue weighted by atomic mass is 16.5. The summed E-state index contributed by atoms with van der Waals surface area (Å²) >= 11 is 0. The molecule has 1 aromatic heterocycles. The average molecular weight is 292 g/mol. The molecule has 0 saturated carbocycles. The number of ether oxygens (including phenoxy) is 1. The van der Waals surface area contributed by atoms with E-state index in [2.05, 4.69) is 47.0 Å². The number of nitrogens with one attached hydrogen (secondary N) is 1. The molecule has 0 amide bonds. The number of nitrogens with zero attached hydrogens (tertiary/aromatic N) is 3. The smallest absolute Gasteiger partial charge is 0.158 e. The molecule has 1 aliphatic heterocycles. The fourth-order valence-electron chi connectivity index (χ4n) is 2.56. The molecule has 1 saturated heterocycles. The number of aromatic nitrogens is 2. The maximum absolute atomic E-state index is 5.47. The van der Waals surface area contributed by atoms with E-state index in [1.807, 2.05) is 6.92 Å². The van der Waals surface area contributed by atoms with Gasteiger partial charge >= 0.3 is 0 Å². The fourth-order valence-corrected chi connectivity index (χ4v) is 2.56. The molecule has 1 fully saturated rings. The number of rotatable bonds is 7. The van der Waals surface area contributed by atoms with E-state index < -0.39 is 0 Å². The summed E-state index contributed by atoms with van der Waals surface area (Å²) in [7, 11) is 0. The predicted octanol–water partition coefficient (Wildman–Crippen LogP) is 2.93. The first-order chi connectivity index (χ1) is 10.1. The summed E-state index contributed by atoms with van der Waals surface area (Å²) in [6, 6.07) is 2.07. The van der Waals surface area contributed by atoms with Crippen molar-refractivity contribution in [3.8, 4) is 0 Å². The summed E-state index contributed by atoms with van der Waals surface area (Å²) in [6.07, 6.45) is 1.08. The van der Waals surface area contributed by atoms with Crippen LogP contribution in [-0.4, -0.2) is 36.2 Å². The molecule has 0 spiro atoms. The van der Waals surface area contributed by atoms with E-state index in [-0.39, 0.29) is 0 Å². The zero-order valence-corrected chi connectivity index (χ0v) is 13.7. The molecule has 5 heteroatoms. The Balaban J connectivity index is 2.18. The van der Waals surface area contributed by atoms with Gasteiger partial charge in [0.2, 0.25) is 0 Å². The van der Waals surface area contributed by atoms with Crippen LogP contribution in [0.2, 0.25) is 0 Å². The maximum atomic E-state index is 5.47. The van der Waals surface area contributed by atoms with Gasteiger partial charge in [-0.15, -0.1) is 0 Å². The van der Waals surface area contributed by atoms with E-state index in [9.17, 15) is 0 Å². The highest BCUT2D eigenvalue weighted by Crippen LogP contribution is 2.27. The van der Waals surface area contributed by atoms with Crippen molar-refractivity contribution in [3.05, 3.63) is 11.9 Å². The molecule has 0 aliphatic carbocycles. The van der Waals surface area contributed by atoms with Gasteiger partial charge in [-0.3, -0.25) is 0 Å². The fraction of sp³-hybridized carbons (Fsp3) is 0.750. The highest BCUT2D eigenvalue weighted by Gasteiger charge is 2.27. The van der Waals surface area contributed by atoms with E-state index in [0.29, 0.717) is 25.0 Å². The Morgan fingerprint density at radius 1 is 1.24 bits per heavy atom. The third-order valence-corrected chi connectivity index (χ3v) is 4.06. The normalized spacial score (nSPS) is 21.8. The van der Waals surface area contributed by atoms with Crippen LogP contribution in [0.25, 0.3) is 0 Å². The Bertz CT molecular complexity index is 416. The number of hydrogen-bond donors (Lipinski definition) is 1. The van der Waals surface area contributed by atoms with E-state index in [1.54, 1.807) is 0 Å². The van der Waals surface area contributed by atoms with Gasteiger partial charge in [0.05, 0.1) is 0 Å². The molecule has 2 rings (SSSR count). The molecule has 2 unspecified atom stereocenters. The van der Waals surface area contributed by atoms with Crippen molar-refractivity contribution >= 4 is 11.6 Å². The van der Waals surface area contributed by atoms with Crippen molar-refractivity contribution in [2.24, 2.45) is 11.8 Å². The van der Waals surface area contributed by atoms with E-state index in [0.717, 1.165) is 43.5 Å². The van der Waals surface area contributed by atoms with Crippen LogP contribution in [0.1, 0.15) is 39.9 Å². The lowest BCUT2D eigenvalue weighted by Gasteiger charge is -2.19. The summed E-state index contributed by atoms with van der Waals surface area (Å²) in [5.41, 5.74) is 0. The Kier molecular flexibility index (Phi) is 5.79. The summed E-state index contributed by atoms with van der Waals surface area (Å²) in [5, 5.41) is 3.36. The second kappa shape index (κ2) is 7.59. The van der Waals surface area contributed by atoms with Crippen LogP contribution < -0.4 is 10.2 Å². The zero-order chi connectivity index (χ0) is 15.2. The highest BCUT2D eigenvalue weighted by molar-refractivity contribution is 5.50. The Labute approximate surface area is 128 Å². The van der Waals surface area contributed by atoms with Crippen molar-refractivity contribution in [1.29, 1.82) is 0 Å². The summed E-state index contributed by atoms with van der Waals surface area (Å²) in [5.74, 6) is 4.11. The van der Waals surface area contributed by atoms with Gasteiger partial charge in [0.15, 0.2) is 5.82 Å². The third-order valence-electron chi connectivity index (χ3n) is 4.06. The van der Waals surface area contributed by atoms with Gasteiger partial charge in [-0.05, 0) is 25.2 Å². The summed E-state index contributed by atoms with van der Waals surface area (Å²) in [4.78, 5) is 11.6. The van der Waals surface area contributed by atoms with Crippen molar-refractivity contribution < 1.29 is 4.74 Å². The lowest BCUT2D eigenvalue weighted by molar-refractivity contribution is 0.128. The van der Waals surface area contributed by atoms with Crippen LogP contribution in [0, 0.1) is 11.8 Å². The molecule has 0 radical (unpaired) electrons. The van der Waals surface area contributed by atoms with Gasteiger partial charge in [-0.1, -0.05) is 20.8 Å². The standard InChI is InChI=1S/C16H28N4O/c1-5-7-17-14-8-16(19-15(18-14)11-21-6-2)20-9-12(3)13(4)10-20/h8,12-13H,5-7,9-11H2,1-4H3,(H,17,18,19). The Morgan fingerprint density at radius 2 is 1.95 bits per heavy atom. The lowest BCUT2D eigenvalue weighted by Crippen LogP contribution is -2.22. The number of hydrogen-bond acceptors (Lipinski definition) is 5. The quantitative estimate of drug-likeness (QED) is 0.837. The van der Waals surface area contributed by atoms with E-state index >= 15 is 0 Å². The monoisotopic (exact) mass is 292 g/mol. The minimum absolute atomic E-state index is 0.476. The maximum Gasteiger partial charge on any atom is 0.158 e. The minimum atomic E-state index is 0.476. The molecular formula is C16H28N4O. The van der Waals surface area contributed by atoms with Crippen molar-refractivity contribution in [2.75, 3.05) is 36.5 Å². The van der Waals surface area contributed by atoms with Crippen LogP contribution in [-0.2, 0) is 11.3 Å². The predicted molar refractivity (Wildman–Crippen MR) is 86.7 cm³/mol. The van der Waals surface area contributed by atoms with Crippen LogP contribution in [0.15, 0.2) is 6.07 Å². The molecule has 2 heterocycles. The molecule has 1 aromatic rings. The second-order valence-electron chi connectivity index (χ2n) is 5.95. The van der Waals surface area contributed by atoms with Crippen LogP contribution in [0.5, 0.6) is 0 Å². The zero-order valence-electron chi connectivity index (χ0n) is 13.7. The first-order valence-electron chi connectivity index (χ1n) is 8.08. The second-order valence-corrected chi connectivity index (χ2v) is 5.95. The van der Waals surface area contributed by atoms with Crippen molar-refractivity contribution in [3.63, 3.8) is 0 Å². The SMILES string of the molecule is CCCNc1cc(N2CC(C)C(C)C2)nc(COCC)n1. The Hall–Kier alpha value is -1.36. The first kappa shape index (κ1) is 16.0. The average Bonchev–Trinajstić information content (AvgIpc) is 2.82. The van der Waals surface area contributed by atoms with Crippen molar-refractivity contribution in [2.45, 2.75) is 40.7 Å². The summed E-state index contributed by atoms with van der Waals surface area (Å²) in [6.45, 7) is 13.0. The van der Waals surface area contributed by atoms with Gasteiger partial charge in [0, 0.05) is 32.3 Å². The molecule has 0 aromatic carbocycles. The van der Waals surface area contributed by atoms with Gasteiger partial charge in [0.1, 0.15) is 18.2 Å². The topological polar surface area (TPSA) is 50.3 Å². The molecule has 118 valence electrons. The summed E-state index contributed by atoms with van der Waals surface area (Å²) < 4.78 is 5.47. The van der Waals surface area contributed by atoms with Crippen LogP contribution in [0.4, 0.5) is 11.6 Å². The molecular weight excluding hydrogens is 264 g/mol. The minimum Gasteiger partial charge on any atom is -0.374 e. The lowest BCUT2D eigenvalue weighted by atomic mass is 10.0. The van der Waals surface area contributed by atoms with Gasteiger partial charge in [-0.25, -0.2) is 9.97 Å². The van der Waals surface area contributed by atoms with Crippen molar-refractivity contribution in [1.82, 2.24) is 9.97 Å². The molecule has 1 N–H and O–H groups in total. The van der Waals surface area contributed by atoms with E-state index in [1.165, 1.54) is 0 Å². The molecule has 5 nitrogen and oxygen atoms in total. The molecule has 0 bridgehead atoms. The molecule has 2 atom stereocenters. The van der Waals surface area contributed by atoms with Gasteiger partial charge in [-0.2, -0.15) is 0 Å². The van der Waals surface area contributed by atoms with E-state index in [4.69, 9.17) is 4.74 Å². The number of anilines is 2. The first-order valence-corrected chi connectivity index (χ1v) is 8.08. The Morgan fingerprint density at radius 3 is 2.57 bits per heavy atom. The molecule has 1 aliphatic rings. The van der Waals surface area contributed by atoms with Gasteiger partial charge < -0.3 is 15.0 Å². The largest absolute Gasteiger partial charge is 0.374 e. The van der Waals surface area contributed by atoms with Gasteiger partial charge in [0.25, 0.3) is 0 Å².